The summed E-state index contributed by atoms with van der Waals surface area (Å²) in [5, 5.41) is 0. The minimum absolute atomic E-state index is 0.195. The maximum atomic E-state index is 12.5. The van der Waals surface area contributed by atoms with Gasteiger partial charge in [-0.2, -0.15) is 0 Å². The fraction of sp³-hybridized carbons (Fsp3) is 0.531. The number of benzene rings is 2. The smallest absolute Gasteiger partial charge is 0.338 e. The first-order valence-electron chi connectivity index (χ1n) is 13.8. The van der Waals surface area contributed by atoms with Crippen LogP contribution in [0.5, 0.6) is 0 Å². The van der Waals surface area contributed by atoms with Gasteiger partial charge in [0.2, 0.25) is 0 Å². The third-order valence-corrected chi connectivity index (χ3v) is 6.92. The SMILES string of the molecule is CCCCCCCC/C=C/CCCCCCCCOC(=O)c1ccc2c(c1)-c1ccccc1C2. The molecule has 0 unspecified atom stereocenters. The summed E-state index contributed by atoms with van der Waals surface area (Å²) in [6, 6.07) is 14.4. The highest BCUT2D eigenvalue weighted by Gasteiger charge is 2.19. The molecule has 184 valence electrons. The molecule has 0 atom stereocenters. The molecule has 2 aromatic rings. The molecule has 0 N–H and O–H groups in total. The number of rotatable bonds is 17. The van der Waals surface area contributed by atoms with Gasteiger partial charge in [0.25, 0.3) is 0 Å². The fourth-order valence-corrected chi connectivity index (χ4v) is 4.85. The van der Waals surface area contributed by atoms with Crippen molar-refractivity contribution >= 4 is 5.97 Å². The largest absolute Gasteiger partial charge is 0.462 e. The summed E-state index contributed by atoms with van der Waals surface area (Å²) in [5.41, 5.74) is 5.74. The van der Waals surface area contributed by atoms with Crippen LogP contribution in [0.15, 0.2) is 54.6 Å². The van der Waals surface area contributed by atoms with Crippen LogP contribution < -0.4 is 0 Å². The van der Waals surface area contributed by atoms with E-state index in [1.54, 1.807) is 0 Å². The van der Waals surface area contributed by atoms with Crippen LogP contribution in [0.1, 0.15) is 118 Å². The summed E-state index contributed by atoms with van der Waals surface area (Å²) in [6.07, 6.45) is 23.7. The van der Waals surface area contributed by atoms with Crippen LogP contribution in [-0.2, 0) is 11.2 Å². The summed E-state index contributed by atoms with van der Waals surface area (Å²) in [5.74, 6) is -0.195. The van der Waals surface area contributed by atoms with Crippen LogP contribution in [0.2, 0.25) is 0 Å². The number of unbranched alkanes of at least 4 members (excludes halogenated alkanes) is 12. The lowest BCUT2D eigenvalue weighted by Gasteiger charge is -2.07. The Balaban J connectivity index is 1.18. The van der Waals surface area contributed by atoms with Gasteiger partial charge in [0.1, 0.15) is 0 Å². The Morgan fingerprint density at radius 3 is 2.09 bits per heavy atom. The van der Waals surface area contributed by atoms with Crippen molar-refractivity contribution in [1.82, 2.24) is 0 Å². The average Bonchev–Trinajstić information content (AvgIpc) is 3.23. The maximum Gasteiger partial charge on any atom is 0.338 e. The second-order valence-electron chi connectivity index (χ2n) is 9.78. The van der Waals surface area contributed by atoms with Gasteiger partial charge < -0.3 is 4.74 Å². The molecule has 0 saturated carbocycles. The van der Waals surface area contributed by atoms with E-state index in [0.29, 0.717) is 12.2 Å². The molecule has 0 fully saturated rings. The van der Waals surface area contributed by atoms with Crippen LogP contribution in [0.25, 0.3) is 11.1 Å². The van der Waals surface area contributed by atoms with Crippen LogP contribution in [-0.4, -0.2) is 12.6 Å². The monoisotopic (exact) mass is 460 g/mol. The van der Waals surface area contributed by atoms with Crippen LogP contribution in [0.3, 0.4) is 0 Å². The molecule has 1 aliphatic rings. The number of hydrogen-bond acceptors (Lipinski definition) is 2. The van der Waals surface area contributed by atoms with Gasteiger partial charge in [-0.25, -0.2) is 4.79 Å². The first-order valence-corrected chi connectivity index (χ1v) is 13.8. The molecular weight excluding hydrogens is 416 g/mol. The lowest BCUT2D eigenvalue weighted by atomic mass is 10.0. The van der Waals surface area contributed by atoms with Crippen LogP contribution in [0, 0.1) is 0 Å². The van der Waals surface area contributed by atoms with Crippen molar-refractivity contribution in [3.05, 3.63) is 71.3 Å². The normalized spacial score (nSPS) is 12.1. The van der Waals surface area contributed by atoms with E-state index in [9.17, 15) is 4.79 Å². The number of allylic oxidation sites excluding steroid dienone is 2. The first kappa shape index (κ1) is 26.3. The predicted octanol–water partition coefficient (Wildman–Crippen LogP) is 9.45. The van der Waals surface area contributed by atoms with Crippen molar-refractivity contribution in [3.63, 3.8) is 0 Å². The maximum absolute atomic E-state index is 12.5. The lowest BCUT2D eigenvalue weighted by molar-refractivity contribution is 0.0497. The second kappa shape index (κ2) is 15.5. The standard InChI is InChI=1S/C32H44O2/c1-2-3-4-5-6-7-8-9-10-11-12-13-14-15-16-19-24-34-32(33)29-23-22-28-25-27-20-17-18-21-30(27)31(28)26-29/h9-10,17-18,20-23,26H,2-8,11-16,19,24-25H2,1H3/b10-9+. The van der Waals surface area contributed by atoms with Gasteiger partial charge >= 0.3 is 5.97 Å². The van der Waals surface area contributed by atoms with Crippen molar-refractivity contribution in [2.24, 2.45) is 0 Å². The van der Waals surface area contributed by atoms with E-state index >= 15 is 0 Å². The number of hydrogen-bond donors (Lipinski definition) is 0. The summed E-state index contributed by atoms with van der Waals surface area (Å²) in [6.45, 7) is 2.80. The van der Waals surface area contributed by atoms with Crippen molar-refractivity contribution < 1.29 is 9.53 Å². The Morgan fingerprint density at radius 2 is 1.35 bits per heavy atom. The summed E-state index contributed by atoms with van der Waals surface area (Å²) >= 11 is 0. The number of carbonyl (C=O) groups excluding carboxylic acids is 1. The summed E-state index contributed by atoms with van der Waals surface area (Å²) in [4.78, 5) is 12.5. The van der Waals surface area contributed by atoms with Gasteiger partial charge in [0, 0.05) is 0 Å². The quantitative estimate of drug-likeness (QED) is 0.114. The molecule has 2 heteroatoms. The second-order valence-corrected chi connectivity index (χ2v) is 9.78. The first-order chi connectivity index (χ1) is 16.8. The number of fused-ring (bicyclic) bond motifs is 3. The topological polar surface area (TPSA) is 26.3 Å². The third kappa shape index (κ3) is 8.78. The van der Waals surface area contributed by atoms with E-state index < -0.39 is 0 Å². The van der Waals surface area contributed by atoms with Crippen LogP contribution >= 0.6 is 0 Å². The van der Waals surface area contributed by atoms with E-state index in [4.69, 9.17) is 4.74 Å². The van der Waals surface area contributed by atoms with E-state index in [2.05, 4.69) is 49.4 Å². The van der Waals surface area contributed by atoms with Crippen molar-refractivity contribution in [3.8, 4) is 11.1 Å². The molecule has 2 aromatic carbocycles. The Bertz CT molecular complexity index is 896. The Kier molecular flexibility index (Phi) is 12.0. The number of esters is 1. The van der Waals surface area contributed by atoms with Gasteiger partial charge in [-0.3, -0.25) is 0 Å². The molecule has 0 heterocycles. The Labute approximate surface area is 207 Å². The average molecular weight is 461 g/mol. The third-order valence-electron chi connectivity index (χ3n) is 6.92. The van der Waals surface area contributed by atoms with Crippen molar-refractivity contribution in [2.75, 3.05) is 6.61 Å². The van der Waals surface area contributed by atoms with E-state index in [0.717, 1.165) is 19.3 Å². The van der Waals surface area contributed by atoms with E-state index in [1.807, 2.05) is 12.1 Å². The van der Waals surface area contributed by atoms with Gasteiger partial charge in [0.15, 0.2) is 0 Å². The van der Waals surface area contributed by atoms with E-state index in [-0.39, 0.29) is 5.97 Å². The zero-order valence-electron chi connectivity index (χ0n) is 21.3. The molecule has 0 aromatic heterocycles. The molecule has 2 nitrogen and oxygen atoms in total. The molecule has 1 aliphatic carbocycles. The minimum atomic E-state index is -0.195. The number of carbonyl (C=O) groups is 1. The van der Waals surface area contributed by atoms with E-state index in [1.165, 1.54) is 99.3 Å². The molecule has 34 heavy (non-hydrogen) atoms. The van der Waals surface area contributed by atoms with Crippen LogP contribution in [0.4, 0.5) is 0 Å². The molecule has 0 spiro atoms. The van der Waals surface area contributed by atoms with Crippen molar-refractivity contribution in [1.29, 1.82) is 0 Å². The summed E-state index contributed by atoms with van der Waals surface area (Å²) in [7, 11) is 0. The Morgan fingerprint density at radius 1 is 0.735 bits per heavy atom. The highest BCUT2D eigenvalue weighted by Crippen LogP contribution is 2.36. The van der Waals surface area contributed by atoms with Gasteiger partial charge in [-0.15, -0.1) is 0 Å². The van der Waals surface area contributed by atoms with Crippen molar-refractivity contribution in [2.45, 2.75) is 103 Å². The molecule has 0 radical (unpaired) electrons. The Hall–Kier alpha value is -2.35. The van der Waals surface area contributed by atoms with Gasteiger partial charge in [-0.05, 0) is 72.9 Å². The molecule has 0 bridgehead atoms. The molecule has 0 amide bonds. The zero-order chi connectivity index (χ0) is 23.8. The molecule has 3 rings (SSSR count). The molecular formula is C32H44O2. The fourth-order valence-electron chi connectivity index (χ4n) is 4.85. The molecule has 0 aliphatic heterocycles. The predicted molar refractivity (Wildman–Crippen MR) is 144 cm³/mol. The lowest BCUT2D eigenvalue weighted by Crippen LogP contribution is -2.06. The highest BCUT2D eigenvalue weighted by molar-refractivity contribution is 5.92. The molecule has 0 saturated heterocycles. The van der Waals surface area contributed by atoms with Gasteiger partial charge in [0.05, 0.1) is 12.2 Å². The zero-order valence-corrected chi connectivity index (χ0v) is 21.3. The minimum Gasteiger partial charge on any atom is -0.462 e. The highest BCUT2D eigenvalue weighted by atomic mass is 16.5. The summed E-state index contributed by atoms with van der Waals surface area (Å²) < 4.78 is 5.55. The van der Waals surface area contributed by atoms with Gasteiger partial charge in [-0.1, -0.05) is 107 Å². The number of ether oxygens (including phenoxy) is 1.